The Balaban J connectivity index is 1.30. The molecule has 2 saturated heterocycles. The summed E-state index contributed by atoms with van der Waals surface area (Å²) in [5, 5.41) is 2.64. The number of ether oxygens (including phenoxy) is 2. The average molecular weight is 518 g/mol. The minimum Gasteiger partial charge on any atom is -0.484 e. The minimum absolute atomic E-state index is 0.0163. The van der Waals surface area contributed by atoms with Gasteiger partial charge >= 0.3 is 5.97 Å². The maximum Gasteiger partial charge on any atom is 0.350 e. The van der Waals surface area contributed by atoms with Crippen LogP contribution in [0.5, 0.6) is 5.75 Å². The maximum absolute atomic E-state index is 13.4. The molecule has 0 aliphatic carbocycles. The molecule has 0 spiro atoms. The second kappa shape index (κ2) is 10.7. The van der Waals surface area contributed by atoms with Gasteiger partial charge in [-0.15, -0.1) is 0 Å². The van der Waals surface area contributed by atoms with Crippen LogP contribution < -0.4 is 10.1 Å². The molecule has 3 aromatic carbocycles. The van der Waals surface area contributed by atoms with E-state index in [1.54, 1.807) is 48.5 Å². The van der Waals surface area contributed by atoms with Gasteiger partial charge in [-0.1, -0.05) is 48.5 Å². The highest BCUT2D eigenvalue weighted by molar-refractivity contribution is 6.02. The van der Waals surface area contributed by atoms with Crippen molar-refractivity contribution in [1.29, 1.82) is 0 Å². The van der Waals surface area contributed by atoms with Crippen LogP contribution in [-0.4, -0.2) is 64.9 Å². The zero-order chi connectivity index (χ0) is 26.6. The van der Waals surface area contributed by atoms with Gasteiger partial charge in [0.2, 0.25) is 12.1 Å². The fourth-order valence-electron chi connectivity index (χ4n) is 4.55. The summed E-state index contributed by atoms with van der Waals surface area (Å²) in [5.74, 6) is -2.38. The third-order valence-electron chi connectivity index (χ3n) is 6.42. The van der Waals surface area contributed by atoms with Crippen LogP contribution in [0.15, 0.2) is 84.9 Å². The van der Waals surface area contributed by atoms with Crippen molar-refractivity contribution >= 4 is 23.7 Å². The topological polar surface area (TPSA) is 105 Å². The molecule has 2 aliphatic rings. The highest BCUT2D eigenvalue weighted by Crippen LogP contribution is 2.34. The summed E-state index contributed by atoms with van der Waals surface area (Å²) in [6, 6.07) is 21.1. The smallest absolute Gasteiger partial charge is 0.350 e. The zero-order valence-corrected chi connectivity index (χ0v) is 20.2. The molecule has 38 heavy (non-hydrogen) atoms. The second-order valence-electron chi connectivity index (χ2n) is 8.89. The molecule has 0 saturated carbocycles. The summed E-state index contributed by atoms with van der Waals surface area (Å²) in [6.45, 7) is -0.364. The highest BCUT2D eigenvalue weighted by atomic mass is 19.1. The molecular formula is C28H24FN3O6. The number of rotatable bonds is 8. The van der Waals surface area contributed by atoms with Gasteiger partial charge in [-0.25, -0.2) is 9.18 Å². The minimum atomic E-state index is -1.32. The van der Waals surface area contributed by atoms with E-state index in [-0.39, 0.29) is 25.3 Å². The lowest BCUT2D eigenvalue weighted by Crippen LogP contribution is -2.71. The Kier molecular flexibility index (Phi) is 7.03. The number of amides is 3. The van der Waals surface area contributed by atoms with Crippen molar-refractivity contribution in [2.45, 2.75) is 24.9 Å². The van der Waals surface area contributed by atoms with Gasteiger partial charge in [-0.3, -0.25) is 14.4 Å². The number of nitrogens with one attached hydrogen (secondary N) is 1. The Hall–Kier alpha value is -4.73. The molecule has 10 heteroatoms. The van der Waals surface area contributed by atoms with Gasteiger partial charge in [0.1, 0.15) is 24.2 Å². The molecule has 3 aromatic rings. The van der Waals surface area contributed by atoms with E-state index < -0.39 is 47.8 Å². The number of hydrogen-bond donors (Lipinski definition) is 1. The van der Waals surface area contributed by atoms with Gasteiger partial charge in [0.25, 0.3) is 11.8 Å². The van der Waals surface area contributed by atoms with E-state index in [0.717, 1.165) is 17.7 Å². The number of β-lactam (4-membered cyclic amide) rings is 1. The number of benzene rings is 3. The first-order valence-corrected chi connectivity index (χ1v) is 12.0. The molecule has 0 aromatic heterocycles. The molecule has 2 unspecified atom stereocenters. The molecule has 0 radical (unpaired) electrons. The summed E-state index contributed by atoms with van der Waals surface area (Å²) in [6.07, 6.45) is -1.32. The van der Waals surface area contributed by atoms with E-state index in [1.165, 1.54) is 21.9 Å². The number of carbonyl (C=O) groups excluding carboxylic acids is 4. The second-order valence-corrected chi connectivity index (χ2v) is 8.89. The number of fused-ring (bicyclic) bond motifs is 1. The number of hydrogen-bond acceptors (Lipinski definition) is 6. The molecule has 2 fully saturated rings. The monoisotopic (exact) mass is 517 g/mol. The Morgan fingerprint density at radius 1 is 0.921 bits per heavy atom. The molecule has 5 rings (SSSR count). The molecule has 194 valence electrons. The van der Waals surface area contributed by atoms with Gasteiger partial charge in [-0.2, -0.15) is 0 Å². The van der Waals surface area contributed by atoms with Gasteiger partial charge < -0.3 is 24.6 Å². The summed E-state index contributed by atoms with van der Waals surface area (Å²) >= 11 is 0. The summed E-state index contributed by atoms with van der Waals surface area (Å²) < 4.78 is 24.3. The van der Waals surface area contributed by atoms with E-state index in [0.29, 0.717) is 5.75 Å². The van der Waals surface area contributed by atoms with Gasteiger partial charge in [0.15, 0.2) is 6.61 Å². The highest BCUT2D eigenvalue weighted by Gasteiger charge is 2.61. The van der Waals surface area contributed by atoms with Crippen molar-refractivity contribution < 1.29 is 33.0 Å². The Morgan fingerprint density at radius 3 is 2.26 bits per heavy atom. The quantitative estimate of drug-likeness (QED) is 0.363. The SMILES string of the molecule is O=C(COc1ccccc1)N[C@H]1C(=O)N2C1CN(C(=O)c1ccc(F)cc1)C2C(=O)OCc1ccccc1. The van der Waals surface area contributed by atoms with Crippen LogP contribution >= 0.6 is 0 Å². The predicted molar refractivity (Wildman–Crippen MR) is 132 cm³/mol. The van der Waals surface area contributed by atoms with Gasteiger partial charge in [0, 0.05) is 12.1 Å². The lowest BCUT2D eigenvalue weighted by atomic mass is 9.96. The zero-order valence-electron chi connectivity index (χ0n) is 20.2. The number of nitrogens with zero attached hydrogens (tertiary/aromatic N) is 2. The number of carbonyl (C=O) groups is 4. The largest absolute Gasteiger partial charge is 0.484 e. The molecule has 3 atom stereocenters. The standard InChI is InChI=1S/C28H24FN3O6/c29-20-13-11-19(12-14-20)26(34)31-15-22-24(30-23(33)17-37-21-9-5-2-6-10-21)27(35)32(22)25(31)28(36)38-16-18-7-3-1-4-8-18/h1-14,22,24-25H,15-17H2,(H,30,33)/t22?,24-,25?/m1/s1. The fraction of sp³-hybridized carbons (Fsp3) is 0.214. The van der Waals surface area contributed by atoms with E-state index in [4.69, 9.17) is 9.47 Å². The normalized spacial score (nSPS) is 19.8. The average Bonchev–Trinajstić information content (AvgIpc) is 3.31. The van der Waals surface area contributed by atoms with Crippen LogP contribution in [-0.2, 0) is 25.7 Å². The lowest BCUT2D eigenvalue weighted by molar-refractivity contribution is -0.167. The van der Waals surface area contributed by atoms with Crippen LogP contribution in [0.1, 0.15) is 15.9 Å². The first kappa shape index (κ1) is 24.9. The van der Waals surface area contributed by atoms with Crippen LogP contribution in [0.3, 0.4) is 0 Å². The van der Waals surface area contributed by atoms with E-state index in [1.807, 2.05) is 12.1 Å². The summed E-state index contributed by atoms with van der Waals surface area (Å²) in [7, 11) is 0. The van der Waals surface area contributed by atoms with Gasteiger partial charge in [0.05, 0.1) is 6.04 Å². The third-order valence-corrected chi connectivity index (χ3v) is 6.42. The van der Waals surface area contributed by atoms with Crippen molar-refractivity contribution in [2.75, 3.05) is 13.2 Å². The predicted octanol–water partition coefficient (Wildman–Crippen LogP) is 2.13. The summed E-state index contributed by atoms with van der Waals surface area (Å²) in [4.78, 5) is 54.5. The Bertz CT molecular complexity index is 1340. The van der Waals surface area contributed by atoms with Crippen molar-refractivity contribution in [2.24, 2.45) is 0 Å². The van der Waals surface area contributed by atoms with Crippen LogP contribution in [0.25, 0.3) is 0 Å². The number of para-hydroxylation sites is 1. The number of halogens is 1. The van der Waals surface area contributed by atoms with E-state index in [9.17, 15) is 23.6 Å². The van der Waals surface area contributed by atoms with Crippen LogP contribution in [0.4, 0.5) is 4.39 Å². The maximum atomic E-state index is 13.4. The van der Waals surface area contributed by atoms with E-state index >= 15 is 0 Å². The Labute approximate surface area is 217 Å². The first-order valence-electron chi connectivity index (χ1n) is 12.0. The number of esters is 1. The molecule has 2 heterocycles. The van der Waals surface area contributed by atoms with Crippen LogP contribution in [0.2, 0.25) is 0 Å². The molecule has 9 nitrogen and oxygen atoms in total. The van der Waals surface area contributed by atoms with Crippen molar-refractivity contribution in [3.63, 3.8) is 0 Å². The van der Waals surface area contributed by atoms with Gasteiger partial charge in [-0.05, 0) is 42.0 Å². The molecule has 1 N–H and O–H groups in total. The molecule has 0 bridgehead atoms. The van der Waals surface area contributed by atoms with E-state index in [2.05, 4.69) is 5.32 Å². The molecule has 3 amide bonds. The molecule has 2 aliphatic heterocycles. The van der Waals surface area contributed by atoms with Crippen LogP contribution in [0, 0.1) is 5.82 Å². The Morgan fingerprint density at radius 2 is 1.58 bits per heavy atom. The third kappa shape index (κ3) is 5.06. The fourth-order valence-corrected chi connectivity index (χ4v) is 4.55. The first-order chi connectivity index (χ1) is 18.4. The summed E-state index contributed by atoms with van der Waals surface area (Å²) in [5.41, 5.74) is 0.893. The molecular weight excluding hydrogens is 493 g/mol. The van der Waals surface area contributed by atoms with Crippen molar-refractivity contribution in [3.8, 4) is 5.75 Å². The van der Waals surface area contributed by atoms with Crippen molar-refractivity contribution in [3.05, 3.63) is 102 Å². The van der Waals surface area contributed by atoms with Crippen molar-refractivity contribution in [1.82, 2.24) is 15.1 Å². The lowest BCUT2D eigenvalue weighted by Gasteiger charge is -2.43.